The average Bonchev–Trinajstić information content (AvgIpc) is 2.55. The molecule has 15 heavy (non-hydrogen) atoms. The van der Waals surface area contributed by atoms with Crippen molar-refractivity contribution in [3.8, 4) is 0 Å². The summed E-state index contributed by atoms with van der Waals surface area (Å²) >= 11 is 6.07. The second kappa shape index (κ2) is 6.07. The van der Waals surface area contributed by atoms with Crippen molar-refractivity contribution < 1.29 is 9.47 Å². The SMILES string of the molecule is CC(C)COCCC1(CCl)CCOC1C. The van der Waals surface area contributed by atoms with E-state index in [1.54, 1.807) is 0 Å². The van der Waals surface area contributed by atoms with E-state index in [2.05, 4.69) is 20.8 Å². The zero-order valence-electron chi connectivity index (χ0n) is 10.1. The van der Waals surface area contributed by atoms with Crippen LogP contribution >= 0.6 is 11.6 Å². The second-order valence-electron chi connectivity index (χ2n) is 4.98. The summed E-state index contributed by atoms with van der Waals surface area (Å²) in [7, 11) is 0. The van der Waals surface area contributed by atoms with Crippen molar-refractivity contribution in [3.05, 3.63) is 0 Å². The van der Waals surface area contributed by atoms with E-state index in [-0.39, 0.29) is 11.5 Å². The van der Waals surface area contributed by atoms with Crippen LogP contribution in [0.4, 0.5) is 0 Å². The molecule has 1 saturated heterocycles. The molecule has 0 bridgehead atoms. The van der Waals surface area contributed by atoms with Gasteiger partial charge in [-0.15, -0.1) is 11.6 Å². The van der Waals surface area contributed by atoms with Crippen molar-refractivity contribution in [1.29, 1.82) is 0 Å². The van der Waals surface area contributed by atoms with Gasteiger partial charge in [0.15, 0.2) is 0 Å². The van der Waals surface area contributed by atoms with Crippen LogP contribution in [0.15, 0.2) is 0 Å². The number of hydrogen-bond donors (Lipinski definition) is 0. The summed E-state index contributed by atoms with van der Waals surface area (Å²) in [4.78, 5) is 0. The number of hydrogen-bond acceptors (Lipinski definition) is 2. The molecule has 0 aliphatic carbocycles. The molecule has 1 rings (SSSR count). The van der Waals surface area contributed by atoms with Crippen LogP contribution in [-0.2, 0) is 9.47 Å². The minimum Gasteiger partial charge on any atom is -0.381 e. The molecule has 0 radical (unpaired) electrons. The molecule has 0 aromatic rings. The van der Waals surface area contributed by atoms with E-state index in [1.165, 1.54) is 0 Å². The number of alkyl halides is 1. The fraction of sp³-hybridized carbons (Fsp3) is 1.00. The molecule has 0 amide bonds. The number of rotatable bonds is 6. The van der Waals surface area contributed by atoms with Gasteiger partial charge in [0.2, 0.25) is 0 Å². The van der Waals surface area contributed by atoms with Gasteiger partial charge in [0.1, 0.15) is 0 Å². The standard InChI is InChI=1S/C12H23ClO2/c1-10(2)8-14-6-4-12(9-13)5-7-15-11(12)3/h10-11H,4-9H2,1-3H3. The normalized spacial score (nSPS) is 31.4. The average molecular weight is 235 g/mol. The quantitative estimate of drug-likeness (QED) is 0.520. The summed E-state index contributed by atoms with van der Waals surface area (Å²) in [6, 6.07) is 0. The fourth-order valence-corrected chi connectivity index (χ4v) is 2.47. The first-order valence-electron chi connectivity index (χ1n) is 5.86. The van der Waals surface area contributed by atoms with Gasteiger partial charge in [-0.25, -0.2) is 0 Å². The Hall–Kier alpha value is 0.210. The molecule has 2 atom stereocenters. The van der Waals surface area contributed by atoms with Crippen LogP contribution in [0, 0.1) is 11.3 Å². The third-order valence-electron chi connectivity index (χ3n) is 3.29. The number of ether oxygens (including phenoxy) is 2. The predicted octanol–water partition coefficient (Wildman–Crippen LogP) is 3.08. The van der Waals surface area contributed by atoms with Gasteiger partial charge in [0.05, 0.1) is 6.10 Å². The smallest absolute Gasteiger partial charge is 0.0616 e. The summed E-state index contributed by atoms with van der Waals surface area (Å²) in [5.74, 6) is 1.29. The van der Waals surface area contributed by atoms with E-state index in [0.717, 1.165) is 32.7 Å². The summed E-state index contributed by atoms with van der Waals surface area (Å²) in [5.41, 5.74) is 0.151. The van der Waals surface area contributed by atoms with E-state index in [0.29, 0.717) is 11.8 Å². The topological polar surface area (TPSA) is 18.5 Å². The first-order chi connectivity index (χ1) is 7.10. The minimum atomic E-state index is 0.151. The molecule has 1 heterocycles. The van der Waals surface area contributed by atoms with Crippen molar-refractivity contribution in [1.82, 2.24) is 0 Å². The summed E-state index contributed by atoms with van der Waals surface area (Å²) in [6.45, 7) is 8.94. The van der Waals surface area contributed by atoms with Crippen LogP contribution in [0.25, 0.3) is 0 Å². The Morgan fingerprint density at radius 3 is 2.73 bits per heavy atom. The van der Waals surface area contributed by atoms with E-state index >= 15 is 0 Å². The van der Waals surface area contributed by atoms with Gasteiger partial charge in [-0.2, -0.15) is 0 Å². The van der Waals surface area contributed by atoms with Gasteiger partial charge in [-0.3, -0.25) is 0 Å². The van der Waals surface area contributed by atoms with Crippen LogP contribution in [0.3, 0.4) is 0 Å². The first-order valence-corrected chi connectivity index (χ1v) is 6.39. The highest BCUT2D eigenvalue weighted by atomic mass is 35.5. The highest BCUT2D eigenvalue weighted by Gasteiger charge is 2.40. The number of halogens is 1. The largest absolute Gasteiger partial charge is 0.381 e. The Labute approximate surface area is 98.3 Å². The van der Waals surface area contributed by atoms with E-state index < -0.39 is 0 Å². The zero-order chi connectivity index (χ0) is 11.3. The summed E-state index contributed by atoms with van der Waals surface area (Å²) in [6.07, 6.45) is 2.37. The Morgan fingerprint density at radius 1 is 1.53 bits per heavy atom. The zero-order valence-corrected chi connectivity index (χ0v) is 10.8. The maximum Gasteiger partial charge on any atom is 0.0616 e. The molecule has 1 fully saturated rings. The Bertz CT molecular complexity index is 184. The van der Waals surface area contributed by atoms with Crippen molar-refractivity contribution >= 4 is 11.6 Å². The minimum absolute atomic E-state index is 0.151. The van der Waals surface area contributed by atoms with Gasteiger partial charge < -0.3 is 9.47 Å². The van der Waals surface area contributed by atoms with E-state index in [9.17, 15) is 0 Å². The molecule has 2 unspecified atom stereocenters. The lowest BCUT2D eigenvalue weighted by Gasteiger charge is -2.29. The van der Waals surface area contributed by atoms with Gasteiger partial charge in [0, 0.05) is 31.1 Å². The monoisotopic (exact) mass is 234 g/mol. The summed E-state index contributed by atoms with van der Waals surface area (Å²) < 4.78 is 11.2. The van der Waals surface area contributed by atoms with Gasteiger partial charge >= 0.3 is 0 Å². The molecule has 3 heteroatoms. The molecule has 0 N–H and O–H groups in total. The van der Waals surface area contributed by atoms with Gasteiger partial charge in [-0.05, 0) is 25.7 Å². The van der Waals surface area contributed by atoms with Crippen molar-refractivity contribution in [2.45, 2.75) is 39.7 Å². The molecule has 0 spiro atoms. The van der Waals surface area contributed by atoms with Gasteiger partial charge in [-0.1, -0.05) is 13.8 Å². The molecule has 1 aliphatic rings. The Morgan fingerprint density at radius 2 is 2.27 bits per heavy atom. The molecular weight excluding hydrogens is 212 g/mol. The van der Waals surface area contributed by atoms with Crippen LogP contribution in [0.5, 0.6) is 0 Å². The third-order valence-corrected chi connectivity index (χ3v) is 3.82. The van der Waals surface area contributed by atoms with Crippen LogP contribution < -0.4 is 0 Å². The van der Waals surface area contributed by atoms with E-state index in [1.807, 2.05) is 0 Å². The first kappa shape index (κ1) is 13.3. The third kappa shape index (κ3) is 3.61. The maximum absolute atomic E-state index is 6.07. The van der Waals surface area contributed by atoms with Crippen molar-refractivity contribution in [2.24, 2.45) is 11.3 Å². The lowest BCUT2D eigenvalue weighted by Crippen LogP contribution is -2.32. The van der Waals surface area contributed by atoms with Crippen molar-refractivity contribution in [3.63, 3.8) is 0 Å². The predicted molar refractivity (Wildman–Crippen MR) is 63.5 cm³/mol. The molecule has 90 valence electrons. The maximum atomic E-state index is 6.07. The highest BCUT2D eigenvalue weighted by molar-refractivity contribution is 6.18. The molecule has 0 aromatic carbocycles. The van der Waals surface area contributed by atoms with Crippen LogP contribution in [0.2, 0.25) is 0 Å². The van der Waals surface area contributed by atoms with Gasteiger partial charge in [0.25, 0.3) is 0 Å². The van der Waals surface area contributed by atoms with Crippen LogP contribution in [-0.4, -0.2) is 31.8 Å². The highest BCUT2D eigenvalue weighted by Crippen LogP contribution is 2.39. The Balaban J connectivity index is 2.28. The molecular formula is C12H23ClO2. The molecule has 0 aromatic heterocycles. The van der Waals surface area contributed by atoms with Crippen molar-refractivity contribution in [2.75, 3.05) is 25.7 Å². The molecule has 0 saturated carbocycles. The Kier molecular flexibility index (Phi) is 5.37. The summed E-state index contributed by atoms with van der Waals surface area (Å²) in [5, 5.41) is 0. The molecule has 1 aliphatic heterocycles. The second-order valence-corrected chi connectivity index (χ2v) is 5.25. The lowest BCUT2D eigenvalue weighted by molar-refractivity contribution is 0.0381. The van der Waals surface area contributed by atoms with Crippen LogP contribution in [0.1, 0.15) is 33.6 Å². The molecule has 2 nitrogen and oxygen atoms in total. The van der Waals surface area contributed by atoms with E-state index in [4.69, 9.17) is 21.1 Å². The lowest BCUT2D eigenvalue weighted by atomic mass is 9.81. The fourth-order valence-electron chi connectivity index (χ4n) is 1.98.